The molecule has 130 valence electrons. The van der Waals surface area contributed by atoms with Crippen molar-refractivity contribution in [1.82, 2.24) is 0 Å². The topological polar surface area (TPSA) is 80.3 Å². The Morgan fingerprint density at radius 2 is 1.58 bits per heavy atom. The molecule has 0 aliphatic rings. The number of amides is 1. The maximum Gasteiger partial charge on any atom is 0.224 e. The summed E-state index contributed by atoms with van der Waals surface area (Å²) in [5.74, 6) is -0.102. The minimum absolute atomic E-state index is 0.00528. The van der Waals surface area contributed by atoms with Gasteiger partial charge in [-0.05, 0) is 37.5 Å². The fourth-order valence-electron chi connectivity index (χ4n) is 2.25. The van der Waals surface area contributed by atoms with Crippen molar-refractivity contribution in [3.63, 3.8) is 0 Å². The molecule has 1 aromatic rings. The Balaban J connectivity index is 2.36. The Kier molecular flexibility index (Phi) is 8.61. The molecule has 5 heteroatoms. The smallest absolute Gasteiger partial charge is 0.224 e. The fraction of sp³-hybridized carbons (Fsp3) is 0.474. The Morgan fingerprint density at radius 1 is 0.917 bits per heavy atom. The molecule has 0 saturated heterocycles. The van der Waals surface area contributed by atoms with E-state index in [0.717, 1.165) is 5.56 Å². The van der Waals surface area contributed by atoms with Gasteiger partial charge >= 0.3 is 0 Å². The van der Waals surface area contributed by atoms with E-state index in [9.17, 15) is 19.2 Å². The number of hydrogen-bond acceptors (Lipinski definition) is 4. The highest BCUT2D eigenvalue weighted by atomic mass is 16.2. The van der Waals surface area contributed by atoms with Crippen LogP contribution in [-0.2, 0) is 25.6 Å². The third-order valence-corrected chi connectivity index (χ3v) is 3.63. The van der Waals surface area contributed by atoms with Crippen molar-refractivity contribution in [1.29, 1.82) is 0 Å². The molecule has 0 aromatic heterocycles. The number of aryl methyl sites for hydroxylation is 1. The molecule has 1 N–H and O–H groups in total. The lowest BCUT2D eigenvalue weighted by molar-refractivity contribution is -0.126. The highest BCUT2D eigenvalue weighted by Gasteiger charge is 2.07. The number of rotatable bonds is 11. The second-order valence-electron chi connectivity index (χ2n) is 5.91. The maximum atomic E-state index is 11.8. The van der Waals surface area contributed by atoms with Gasteiger partial charge in [0.05, 0.1) is 6.42 Å². The van der Waals surface area contributed by atoms with Crippen LogP contribution in [0.25, 0.3) is 0 Å². The second kappa shape index (κ2) is 10.5. The number of ketones is 3. The zero-order valence-electron chi connectivity index (χ0n) is 14.4. The average molecular weight is 331 g/mol. The van der Waals surface area contributed by atoms with E-state index in [1.165, 1.54) is 6.92 Å². The normalized spacial score (nSPS) is 10.2. The number of benzene rings is 1. The van der Waals surface area contributed by atoms with Gasteiger partial charge in [0, 0.05) is 31.4 Å². The summed E-state index contributed by atoms with van der Waals surface area (Å²) in [6.07, 6.45) is 2.77. The van der Waals surface area contributed by atoms with E-state index in [2.05, 4.69) is 5.32 Å². The molecular weight excluding hydrogens is 306 g/mol. The summed E-state index contributed by atoms with van der Waals surface area (Å²) in [6.45, 7) is 3.23. The Labute approximate surface area is 142 Å². The van der Waals surface area contributed by atoms with E-state index in [1.54, 1.807) is 12.1 Å². The van der Waals surface area contributed by atoms with Crippen LogP contribution in [0.4, 0.5) is 5.69 Å². The van der Waals surface area contributed by atoms with Crippen molar-refractivity contribution in [2.45, 2.75) is 58.8 Å². The van der Waals surface area contributed by atoms with Gasteiger partial charge in [0.2, 0.25) is 5.91 Å². The Hall–Kier alpha value is -2.30. The molecule has 1 aromatic carbocycles. The average Bonchev–Trinajstić information content (AvgIpc) is 2.53. The van der Waals surface area contributed by atoms with Crippen molar-refractivity contribution in [3.05, 3.63) is 29.8 Å². The second-order valence-corrected chi connectivity index (χ2v) is 5.91. The lowest BCUT2D eigenvalue weighted by Crippen LogP contribution is -2.12. The van der Waals surface area contributed by atoms with E-state index in [1.807, 2.05) is 19.1 Å². The van der Waals surface area contributed by atoms with Gasteiger partial charge in [0.1, 0.15) is 17.3 Å². The van der Waals surface area contributed by atoms with Crippen LogP contribution in [0.2, 0.25) is 0 Å². The minimum atomic E-state index is -0.112. The van der Waals surface area contributed by atoms with Crippen LogP contribution in [0.5, 0.6) is 0 Å². The fourth-order valence-corrected chi connectivity index (χ4v) is 2.25. The first-order valence-electron chi connectivity index (χ1n) is 8.32. The molecule has 0 spiro atoms. The van der Waals surface area contributed by atoms with Gasteiger partial charge < -0.3 is 5.32 Å². The largest absolute Gasteiger partial charge is 0.326 e. The minimum Gasteiger partial charge on any atom is -0.326 e. The highest BCUT2D eigenvalue weighted by Crippen LogP contribution is 2.12. The Bertz CT molecular complexity index is 590. The third-order valence-electron chi connectivity index (χ3n) is 3.63. The number of anilines is 1. The SMILES string of the molecule is CCC(=O)CCCC(=O)Nc1ccc(CCC(=O)CC(C)=O)cc1. The van der Waals surface area contributed by atoms with Gasteiger partial charge in [0.25, 0.3) is 0 Å². The van der Waals surface area contributed by atoms with Crippen LogP contribution < -0.4 is 5.32 Å². The third kappa shape index (κ3) is 8.36. The van der Waals surface area contributed by atoms with Crippen molar-refractivity contribution in [3.8, 4) is 0 Å². The molecule has 0 radical (unpaired) electrons. The van der Waals surface area contributed by atoms with E-state index >= 15 is 0 Å². The van der Waals surface area contributed by atoms with Crippen molar-refractivity contribution in [2.24, 2.45) is 0 Å². The van der Waals surface area contributed by atoms with E-state index in [0.29, 0.717) is 44.2 Å². The quantitative estimate of drug-likeness (QED) is 0.631. The molecule has 1 amide bonds. The van der Waals surface area contributed by atoms with Crippen molar-refractivity contribution in [2.75, 3.05) is 5.32 Å². The number of carbonyl (C=O) groups excluding carboxylic acids is 4. The molecule has 0 unspecified atom stereocenters. The number of nitrogens with one attached hydrogen (secondary N) is 1. The molecular formula is C19H25NO4. The molecule has 0 bridgehead atoms. The van der Waals surface area contributed by atoms with Gasteiger partial charge in [0.15, 0.2) is 0 Å². The number of Topliss-reactive ketones (excluding diaryl/α,β-unsaturated/α-hetero) is 3. The van der Waals surface area contributed by atoms with Crippen LogP contribution in [0.3, 0.4) is 0 Å². The molecule has 0 fully saturated rings. The van der Waals surface area contributed by atoms with Crippen molar-refractivity contribution >= 4 is 28.9 Å². The van der Waals surface area contributed by atoms with Gasteiger partial charge in [-0.2, -0.15) is 0 Å². The summed E-state index contributed by atoms with van der Waals surface area (Å²) in [7, 11) is 0. The zero-order valence-corrected chi connectivity index (χ0v) is 14.4. The first kappa shape index (κ1) is 19.7. The summed E-state index contributed by atoms with van der Waals surface area (Å²) < 4.78 is 0. The van der Waals surface area contributed by atoms with Crippen LogP contribution in [0, 0.1) is 0 Å². The van der Waals surface area contributed by atoms with Crippen LogP contribution in [-0.4, -0.2) is 23.3 Å². The zero-order chi connectivity index (χ0) is 17.9. The number of carbonyl (C=O) groups is 4. The monoisotopic (exact) mass is 331 g/mol. The maximum absolute atomic E-state index is 11.8. The van der Waals surface area contributed by atoms with Gasteiger partial charge in [-0.1, -0.05) is 19.1 Å². The standard InChI is InChI=1S/C19H25NO4/c1-3-17(22)5-4-6-19(24)20-16-10-7-15(8-11-16)9-12-18(23)13-14(2)21/h7-8,10-11H,3-6,9,12-13H2,1-2H3,(H,20,24). The van der Waals surface area contributed by atoms with Gasteiger partial charge in [-0.15, -0.1) is 0 Å². The number of hydrogen-bond donors (Lipinski definition) is 1. The van der Waals surface area contributed by atoms with E-state index in [4.69, 9.17) is 0 Å². The molecule has 24 heavy (non-hydrogen) atoms. The molecule has 1 rings (SSSR count). The predicted octanol–water partition coefficient (Wildman–Crippen LogP) is 3.26. The van der Waals surface area contributed by atoms with Gasteiger partial charge in [-0.3, -0.25) is 19.2 Å². The molecule has 0 aliphatic carbocycles. The van der Waals surface area contributed by atoms with E-state index in [-0.39, 0.29) is 29.7 Å². The van der Waals surface area contributed by atoms with Crippen LogP contribution >= 0.6 is 0 Å². The first-order valence-corrected chi connectivity index (χ1v) is 8.32. The molecule has 0 aliphatic heterocycles. The van der Waals surface area contributed by atoms with Crippen molar-refractivity contribution < 1.29 is 19.2 Å². The highest BCUT2D eigenvalue weighted by molar-refractivity contribution is 5.98. The van der Waals surface area contributed by atoms with Crippen LogP contribution in [0.15, 0.2) is 24.3 Å². The van der Waals surface area contributed by atoms with Crippen LogP contribution in [0.1, 0.15) is 57.9 Å². The summed E-state index contributed by atoms with van der Waals surface area (Å²) in [6, 6.07) is 7.30. The molecule has 0 saturated carbocycles. The predicted molar refractivity (Wildman–Crippen MR) is 92.8 cm³/mol. The lowest BCUT2D eigenvalue weighted by Gasteiger charge is -2.06. The lowest BCUT2D eigenvalue weighted by atomic mass is 10.0. The first-order chi connectivity index (χ1) is 11.4. The van der Waals surface area contributed by atoms with E-state index < -0.39 is 0 Å². The molecule has 5 nitrogen and oxygen atoms in total. The summed E-state index contributed by atoms with van der Waals surface area (Å²) in [4.78, 5) is 45.3. The van der Waals surface area contributed by atoms with Gasteiger partial charge in [-0.25, -0.2) is 0 Å². The summed E-state index contributed by atoms with van der Waals surface area (Å²) >= 11 is 0. The molecule has 0 atom stereocenters. The summed E-state index contributed by atoms with van der Waals surface area (Å²) in [5, 5.41) is 2.79. The molecule has 0 heterocycles. The Morgan fingerprint density at radius 3 is 2.17 bits per heavy atom. The summed E-state index contributed by atoms with van der Waals surface area (Å²) in [5.41, 5.74) is 1.68.